The number of nitrogens with one attached hydrogen (secondary N) is 1. The molecule has 0 aliphatic rings. The van der Waals surface area contributed by atoms with Crippen molar-refractivity contribution in [3.8, 4) is 11.5 Å². The van der Waals surface area contributed by atoms with Gasteiger partial charge in [0.15, 0.2) is 0 Å². The van der Waals surface area contributed by atoms with Gasteiger partial charge < -0.3 is 14.8 Å². The van der Waals surface area contributed by atoms with Gasteiger partial charge in [0.05, 0.1) is 13.2 Å². The fourth-order valence-electron chi connectivity index (χ4n) is 2.82. The van der Waals surface area contributed by atoms with E-state index in [1.165, 1.54) is 31.2 Å². The molecule has 2 aromatic rings. The molecular formula is C23H33NO2. The second kappa shape index (κ2) is 11.5. The predicted molar refractivity (Wildman–Crippen MR) is 110 cm³/mol. The number of aryl methyl sites for hydroxylation is 1. The van der Waals surface area contributed by atoms with Gasteiger partial charge in [-0.25, -0.2) is 0 Å². The molecule has 3 heteroatoms. The van der Waals surface area contributed by atoms with E-state index < -0.39 is 0 Å². The molecule has 0 aliphatic carbocycles. The monoisotopic (exact) mass is 355 g/mol. The van der Waals surface area contributed by atoms with Gasteiger partial charge in [-0.05, 0) is 50.1 Å². The third-order valence-corrected chi connectivity index (χ3v) is 4.27. The van der Waals surface area contributed by atoms with Crippen molar-refractivity contribution in [2.45, 2.75) is 59.0 Å². The van der Waals surface area contributed by atoms with Gasteiger partial charge in [0.2, 0.25) is 0 Å². The van der Waals surface area contributed by atoms with Crippen molar-refractivity contribution in [3.05, 3.63) is 54.1 Å². The molecule has 0 bridgehead atoms. The molecule has 0 spiro atoms. The summed E-state index contributed by atoms with van der Waals surface area (Å²) in [5.74, 6) is 1.84. The maximum absolute atomic E-state index is 5.97. The molecule has 3 nitrogen and oxygen atoms in total. The van der Waals surface area contributed by atoms with Crippen LogP contribution in [0.1, 0.15) is 51.5 Å². The van der Waals surface area contributed by atoms with Crippen molar-refractivity contribution < 1.29 is 9.47 Å². The molecule has 0 fully saturated rings. The summed E-state index contributed by atoms with van der Waals surface area (Å²) >= 11 is 0. The average Bonchev–Trinajstić information content (AvgIpc) is 2.63. The van der Waals surface area contributed by atoms with Crippen molar-refractivity contribution >= 4 is 5.69 Å². The summed E-state index contributed by atoms with van der Waals surface area (Å²) in [7, 11) is 0. The van der Waals surface area contributed by atoms with Crippen LogP contribution in [-0.2, 0) is 0 Å². The van der Waals surface area contributed by atoms with Crippen LogP contribution in [0.4, 0.5) is 5.69 Å². The van der Waals surface area contributed by atoms with Crippen LogP contribution >= 0.6 is 0 Å². The third-order valence-electron chi connectivity index (χ3n) is 4.27. The van der Waals surface area contributed by atoms with Gasteiger partial charge in [-0.2, -0.15) is 0 Å². The van der Waals surface area contributed by atoms with Crippen molar-refractivity contribution in [2.75, 3.05) is 18.5 Å². The third kappa shape index (κ3) is 7.81. The number of ether oxygens (including phenoxy) is 2. The smallest absolute Gasteiger partial charge is 0.121 e. The first-order valence-electron chi connectivity index (χ1n) is 9.87. The lowest BCUT2D eigenvalue weighted by Crippen LogP contribution is -2.22. The quantitative estimate of drug-likeness (QED) is 0.458. The summed E-state index contributed by atoms with van der Waals surface area (Å²) < 4.78 is 11.8. The van der Waals surface area contributed by atoms with Crippen molar-refractivity contribution in [3.63, 3.8) is 0 Å². The molecule has 0 aromatic heterocycles. The van der Waals surface area contributed by atoms with Crippen LogP contribution in [0.15, 0.2) is 48.5 Å². The van der Waals surface area contributed by atoms with Crippen LogP contribution in [-0.4, -0.2) is 19.3 Å². The Morgan fingerprint density at radius 1 is 0.923 bits per heavy atom. The van der Waals surface area contributed by atoms with Gasteiger partial charge in [0.1, 0.15) is 17.6 Å². The fraction of sp³-hybridized carbons (Fsp3) is 0.478. The summed E-state index contributed by atoms with van der Waals surface area (Å²) in [6.07, 6.45) is 6.36. The van der Waals surface area contributed by atoms with E-state index in [1.54, 1.807) is 0 Å². The Morgan fingerprint density at radius 2 is 1.69 bits per heavy atom. The minimum absolute atomic E-state index is 0.0833. The highest BCUT2D eigenvalue weighted by atomic mass is 16.5. The van der Waals surface area contributed by atoms with E-state index in [4.69, 9.17) is 9.47 Å². The number of unbranched alkanes of at least 4 members (excludes halogenated alkanes) is 4. The van der Waals surface area contributed by atoms with E-state index in [2.05, 4.69) is 50.4 Å². The molecule has 142 valence electrons. The number of hydrogen-bond acceptors (Lipinski definition) is 3. The highest BCUT2D eigenvalue weighted by molar-refractivity contribution is 5.48. The van der Waals surface area contributed by atoms with E-state index >= 15 is 0 Å². The van der Waals surface area contributed by atoms with Crippen LogP contribution in [0.5, 0.6) is 11.5 Å². The summed E-state index contributed by atoms with van der Waals surface area (Å²) in [5, 5.41) is 3.43. The Labute approximate surface area is 158 Å². The summed E-state index contributed by atoms with van der Waals surface area (Å²) in [6, 6.07) is 16.3. The largest absolute Gasteiger partial charge is 0.494 e. The Balaban J connectivity index is 1.72. The lowest BCUT2D eigenvalue weighted by atomic mass is 10.2. The first kappa shape index (κ1) is 20.2. The summed E-state index contributed by atoms with van der Waals surface area (Å²) in [5.41, 5.74) is 2.27. The van der Waals surface area contributed by atoms with E-state index in [1.807, 2.05) is 24.3 Å². The van der Waals surface area contributed by atoms with Gasteiger partial charge in [-0.3, -0.25) is 0 Å². The topological polar surface area (TPSA) is 30.5 Å². The first-order chi connectivity index (χ1) is 12.7. The zero-order valence-electron chi connectivity index (χ0n) is 16.5. The Hall–Kier alpha value is -2.16. The molecule has 0 saturated carbocycles. The van der Waals surface area contributed by atoms with Crippen LogP contribution in [0.3, 0.4) is 0 Å². The van der Waals surface area contributed by atoms with Crippen molar-refractivity contribution in [1.29, 1.82) is 0 Å². The van der Waals surface area contributed by atoms with Gasteiger partial charge >= 0.3 is 0 Å². The highest BCUT2D eigenvalue weighted by Gasteiger charge is 2.05. The van der Waals surface area contributed by atoms with Crippen LogP contribution in [0.25, 0.3) is 0 Å². The van der Waals surface area contributed by atoms with Gasteiger partial charge in [0.25, 0.3) is 0 Å². The molecule has 1 N–H and O–H groups in total. The SMILES string of the molecule is CCCCCCCOc1cccc(NCC(C)Oc2cccc(C)c2)c1. The van der Waals surface area contributed by atoms with Crippen LogP contribution in [0.2, 0.25) is 0 Å². The van der Waals surface area contributed by atoms with Crippen LogP contribution < -0.4 is 14.8 Å². The second-order valence-corrected chi connectivity index (χ2v) is 6.92. The molecule has 1 unspecified atom stereocenters. The minimum Gasteiger partial charge on any atom is -0.494 e. The molecule has 0 aliphatic heterocycles. The zero-order chi connectivity index (χ0) is 18.6. The van der Waals surface area contributed by atoms with Gasteiger partial charge in [-0.1, -0.05) is 50.8 Å². The number of benzene rings is 2. The highest BCUT2D eigenvalue weighted by Crippen LogP contribution is 2.19. The van der Waals surface area contributed by atoms with Crippen LogP contribution in [0, 0.1) is 6.92 Å². The lowest BCUT2D eigenvalue weighted by Gasteiger charge is -2.17. The summed E-state index contributed by atoms with van der Waals surface area (Å²) in [4.78, 5) is 0. The minimum atomic E-state index is 0.0833. The number of rotatable bonds is 12. The first-order valence-corrected chi connectivity index (χ1v) is 9.87. The second-order valence-electron chi connectivity index (χ2n) is 6.92. The predicted octanol–water partition coefficient (Wildman–Crippen LogP) is 6.22. The zero-order valence-corrected chi connectivity index (χ0v) is 16.5. The molecule has 2 aromatic carbocycles. The van der Waals surface area contributed by atoms with Gasteiger partial charge in [-0.15, -0.1) is 0 Å². The Morgan fingerprint density at radius 3 is 2.50 bits per heavy atom. The molecule has 26 heavy (non-hydrogen) atoms. The molecular weight excluding hydrogens is 322 g/mol. The average molecular weight is 356 g/mol. The molecule has 0 saturated heterocycles. The Kier molecular flexibility index (Phi) is 8.88. The van der Waals surface area contributed by atoms with Crippen molar-refractivity contribution in [2.24, 2.45) is 0 Å². The Bertz CT molecular complexity index is 642. The fourth-order valence-corrected chi connectivity index (χ4v) is 2.82. The molecule has 0 amide bonds. The van der Waals surface area contributed by atoms with E-state index in [-0.39, 0.29) is 6.10 Å². The lowest BCUT2D eigenvalue weighted by molar-refractivity contribution is 0.234. The normalized spacial score (nSPS) is 11.8. The van der Waals surface area contributed by atoms with E-state index in [0.717, 1.165) is 36.8 Å². The van der Waals surface area contributed by atoms with Crippen molar-refractivity contribution in [1.82, 2.24) is 0 Å². The molecule has 2 rings (SSSR count). The number of anilines is 1. The maximum atomic E-state index is 5.97. The molecule has 1 atom stereocenters. The maximum Gasteiger partial charge on any atom is 0.121 e. The van der Waals surface area contributed by atoms with Gasteiger partial charge in [0, 0.05) is 11.8 Å². The van der Waals surface area contributed by atoms with E-state index in [0.29, 0.717) is 0 Å². The summed E-state index contributed by atoms with van der Waals surface area (Å²) in [6.45, 7) is 7.92. The number of hydrogen-bond donors (Lipinski definition) is 1. The standard InChI is InChI=1S/C23H33NO2/c1-4-5-6-7-8-15-25-22-13-10-12-21(17-22)24-18-20(3)26-23-14-9-11-19(2)16-23/h9-14,16-17,20,24H,4-8,15,18H2,1-3H3. The molecule has 0 radical (unpaired) electrons. The van der Waals surface area contributed by atoms with E-state index in [9.17, 15) is 0 Å². The molecule has 0 heterocycles.